The molecule has 1 amide bonds. The van der Waals surface area contributed by atoms with Crippen molar-refractivity contribution in [3.63, 3.8) is 0 Å². The Hall–Kier alpha value is -3.25. The quantitative estimate of drug-likeness (QED) is 0.565. The van der Waals surface area contributed by atoms with E-state index in [1.54, 1.807) is 36.5 Å². The summed E-state index contributed by atoms with van der Waals surface area (Å²) in [7, 11) is 1.50. The molecule has 0 radical (unpaired) electrons. The average Bonchev–Trinajstić information content (AvgIpc) is 2.74. The van der Waals surface area contributed by atoms with Crippen LogP contribution in [0.25, 0.3) is 0 Å². The van der Waals surface area contributed by atoms with E-state index in [1.165, 1.54) is 7.11 Å². The summed E-state index contributed by atoms with van der Waals surface area (Å²) in [5, 5.41) is 3.15. The molecule has 1 N–H and O–H groups in total. The van der Waals surface area contributed by atoms with Crippen molar-refractivity contribution in [1.29, 1.82) is 0 Å². The summed E-state index contributed by atoms with van der Waals surface area (Å²) in [5.74, 6) is 1.11. The van der Waals surface area contributed by atoms with Crippen LogP contribution < -0.4 is 19.5 Å². The molecule has 0 aliphatic rings. The Balaban J connectivity index is 1.71. The number of amides is 1. The summed E-state index contributed by atoms with van der Waals surface area (Å²) in [5.41, 5.74) is 1.77. The van der Waals surface area contributed by atoms with Gasteiger partial charge in [-0.3, -0.25) is 9.78 Å². The van der Waals surface area contributed by atoms with Crippen LogP contribution >= 0.6 is 11.6 Å². The number of benzene rings is 2. The minimum Gasteiger partial charge on any atom is -0.493 e. The number of methoxy groups -OCH3 is 1. The van der Waals surface area contributed by atoms with Gasteiger partial charge in [-0.1, -0.05) is 23.7 Å². The second-order valence-electron chi connectivity index (χ2n) is 6.01. The Morgan fingerprint density at radius 3 is 2.69 bits per heavy atom. The number of pyridine rings is 1. The molecule has 0 aliphatic carbocycles. The molecule has 3 rings (SSSR count). The van der Waals surface area contributed by atoms with Gasteiger partial charge in [0.15, 0.2) is 11.5 Å². The smallest absolute Gasteiger partial charge is 0.255 e. The van der Waals surface area contributed by atoms with Crippen molar-refractivity contribution >= 4 is 23.2 Å². The van der Waals surface area contributed by atoms with Crippen molar-refractivity contribution in [2.24, 2.45) is 0 Å². The van der Waals surface area contributed by atoms with E-state index in [-0.39, 0.29) is 5.91 Å². The Kier molecular flexibility index (Phi) is 6.92. The lowest BCUT2D eigenvalue weighted by atomic mass is 10.1. The maximum Gasteiger partial charge on any atom is 0.255 e. The van der Waals surface area contributed by atoms with Gasteiger partial charge >= 0.3 is 0 Å². The van der Waals surface area contributed by atoms with Crippen molar-refractivity contribution in [3.05, 3.63) is 77.1 Å². The largest absolute Gasteiger partial charge is 0.493 e. The van der Waals surface area contributed by atoms with E-state index in [4.69, 9.17) is 25.8 Å². The maximum absolute atomic E-state index is 12.7. The van der Waals surface area contributed by atoms with E-state index in [1.807, 2.05) is 31.2 Å². The van der Waals surface area contributed by atoms with Gasteiger partial charge in [-0.15, -0.1) is 0 Å². The molecule has 0 aliphatic heterocycles. The third-order valence-corrected chi connectivity index (χ3v) is 4.27. The van der Waals surface area contributed by atoms with Crippen LogP contribution in [0.15, 0.2) is 60.8 Å². The van der Waals surface area contributed by atoms with E-state index in [2.05, 4.69) is 10.3 Å². The van der Waals surface area contributed by atoms with Crippen LogP contribution in [0.2, 0.25) is 5.02 Å². The minimum atomic E-state index is -0.324. The summed E-state index contributed by atoms with van der Waals surface area (Å²) in [6.07, 6.45) is 1.71. The molecule has 0 atom stereocenters. The number of nitrogens with one attached hydrogen (secondary N) is 1. The molecule has 150 valence electrons. The Labute approximate surface area is 174 Å². The molecule has 0 spiro atoms. The van der Waals surface area contributed by atoms with Gasteiger partial charge in [-0.05, 0) is 43.3 Å². The van der Waals surface area contributed by atoms with Gasteiger partial charge in [0.05, 0.1) is 24.4 Å². The van der Waals surface area contributed by atoms with E-state index in [0.717, 1.165) is 5.69 Å². The molecule has 0 bridgehead atoms. The number of halogens is 1. The van der Waals surface area contributed by atoms with E-state index in [9.17, 15) is 4.79 Å². The van der Waals surface area contributed by atoms with Gasteiger partial charge in [0, 0.05) is 23.5 Å². The molecule has 29 heavy (non-hydrogen) atoms. The minimum absolute atomic E-state index is 0.309. The number of carbonyl (C=O) groups excluding carboxylic acids is 1. The number of aromatic nitrogens is 1. The van der Waals surface area contributed by atoms with Gasteiger partial charge in [0.2, 0.25) is 0 Å². The van der Waals surface area contributed by atoms with Crippen molar-refractivity contribution in [2.45, 2.75) is 13.5 Å². The molecule has 0 unspecified atom stereocenters. The van der Waals surface area contributed by atoms with Crippen molar-refractivity contribution in [2.75, 3.05) is 19.0 Å². The Morgan fingerprint density at radius 1 is 1.10 bits per heavy atom. The first-order valence-corrected chi connectivity index (χ1v) is 9.43. The fourth-order valence-corrected chi connectivity index (χ4v) is 2.91. The molecular weight excluding hydrogens is 392 g/mol. The number of rotatable bonds is 8. The molecular formula is C22H21ClN2O4. The summed E-state index contributed by atoms with van der Waals surface area (Å²) < 4.78 is 16.5. The van der Waals surface area contributed by atoms with Gasteiger partial charge in [0.25, 0.3) is 5.91 Å². The molecule has 7 heteroatoms. The van der Waals surface area contributed by atoms with Gasteiger partial charge < -0.3 is 19.5 Å². The third kappa shape index (κ3) is 5.39. The topological polar surface area (TPSA) is 69.7 Å². The number of anilines is 1. The highest BCUT2D eigenvalue weighted by atomic mass is 35.5. The first-order chi connectivity index (χ1) is 14.1. The number of ether oxygens (including phenoxy) is 3. The van der Waals surface area contributed by atoms with Crippen LogP contribution in [-0.2, 0) is 6.61 Å². The standard InChI is InChI=1S/C22H21ClN2O4/c1-3-28-21-19(23)11-15(12-20(21)27-2)22(26)25-16-8-6-9-18(13-16)29-14-17-7-4-5-10-24-17/h4-13H,3,14H2,1-2H3,(H,25,26). The molecule has 2 aromatic carbocycles. The van der Waals surface area contributed by atoms with Crippen LogP contribution in [-0.4, -0.2) is 24.6 Å². The van der Waals surface area contributed by atoms with Gasteiger partial charge in [-0.2, -0.15) is 0 Å². The molecule has 0 fully saturated rings. The SMILES string of the molecule is CCOc1c(Cl)cc(C(=O)Nc2cccc(OCc3ccccn3)c2)cc1OC. The number of carbonyl (C=O) groups is 1. The highest BCUT2D eigenvalue weighted by Crippen LogP contribution is 2.36. The normalized spacial score (nSPS) is 10.3. The van der Waals surface area contributed by atoms with Crippen LogP contribution in [0.5, 0.6) is 17.2 Å². The second kappa shape index (κ2) is 9.80. The van der Waals surface area contributed by atoms with Crippen molar-refractivity contribution in [1.82, 2.24) is 4.98 Å². The number of nitrogens with zero attached hydrogens (tertiary/aromatic N) is 1. The van der Waals surface area contributed by atoms with Crippen LogP contribution in [0.1, 0.15) is 23.0 Å². The highest BCUT2D eigenvalue weighted by molar-refractivity contribution is 6.32. The Bertz CT molecular complexity index is 980. The molecule has 1 aromatic heterocycles. The van der Waals surface area contributed by atoms with Crippen molar-refractivity contribution in [3.8, 4) is 17.2 Å². The monoisotopic (exact) mass is 412 g/mol. The molecule has 1 heterocycles. The lowest BCUT2D eigenvalue weighted by Gasteiger charge is -2.13. The number of hydrogen-bond donors (Lipinski definition) is 1. The predicted octanol–water partition coefficient (Wildman–Crippen LogP) is 4.97. The van der Waals surface area contributed by atoms with Crippen LogP contribution in [0, 0.1) is 0 Å². The van der Waals surface area contributed by atoms with Crippen LogP contribution in [0.4, 0.5) is 5.69 Å². The van der Waals surface area contributed by atoms with E-state index in [0.29, 0.717) is 46.7 Å². The summed E-state index contributed by atoms with van der Waals surface area (Å²) in [6.45, 7) is 2.62. The van der Waals surface area contributed by atoms with E-state index >= 15 is 0 Å². The van der Waals surface area contributed by atoms with Crippen LogP contribution in [0.3, 0.4) is 0 Å². The lowest BCUT2D eigenvalue weighted by Crippen LogP contribution is -2.12. The molecule has 0 saturated carbocycles. The number of hydrogen-bond acceptors (Lipinski definition) is 5. The molecule has 0 saturated heterocycles. The van der Waals surface area contributed by atoms with E-state index < -0.39 is 0 Å². The first-order valence-electron chi connectivity index (χ1n) is 9.05. The predicted molar refractivity (Wildman–Crippen MR) is 112 cm³/mol. The van der Waals surface area contributed by atoms with Crippen molar-refractivity contribution < 1.29 is 19.0 Å². The Morgan fingerprint density at radius 2 is 1.97 bits per heavy atom. The second-order valence-corrected chi connectivity index (χ2v) is 6.42. The molecule has 3 aromatic rings. The van der Waals surface area contributed by atoms with Gasteiger partial charge in [0.1, 0.15) is 12.4 Å². The fraction of sp³-hybridized carbons (Fsp3) is 0.182. The third-order valence-electron chi connectivity index (χ3n) is 3.99. The lowest BCUT2D eigenvalue weighted by molar-refractivity contribution is 0.102. The molecule has 6 nitrogen and oxygen atoms in total. The summed E-state index contributed by atoms with van der Waals surface area (Å²) in [4.78, 5) is 16.9. The zero-order valence-corrected chi connectivity index (χ0v) is 16.9. The zero-order chi connectivity index (χ0) is 20.6. The highest BCUT2D eigenvalue weighted by Gasteiger charge is 2.16. The zero-order valence-electron chi connectivity index (χ0n) is 16.1. The summed E-state index contributed by atoms with van der Waals surface area (Å²) in [6, 6.07) is 15.9. The average molecular weight is 413 g/mol. The first kappa shape index (κ1) is 20.5. The fourth-order valence-electron chi connectivity index (χ4n) is 2.64. The van der Waals surface area contributed by atoms with Gasteiger partial charge in [-0.25, -0.2) is 0 Å². The maximum atomic E-state index is 12.7. The summed E-state index contributed by atoms with van der Waals surface area (Å²) >= 11 is 6.25.